The van der Waals surface area contributed by atoms with E-state index in [1.807, 2.05) is 10.9 Å². The van der Waals surface area contributed by atoms with Crippen molar-refractivity contribution in [2.24, 2.45) is 7.05 Å². The van der Waals surface area contributed by atoms with Gasteiger partial charge in [-0.15, -0.1) is 5.10 Å². The summed E-state index contributed by atoms with van der Waals surface area (Å²) in [6.45, 7) is 2.70. The van der Waals surface area contributed by atoms with Crippen molar-refractivity contribution >= 4 is 10.0 Å². The predicted molar refractivity (Wildman–Crippen MR) is 82.4 cm³/mol. The zero-order valence-electron chi connectivity index (χ0n) is 13.3. The van der Waals surface area contributed by atoms with Gasteiger partial charge in [0.25, 0.3) is 10.0 Å². The third-order valence-electron chi connectivity index (χ3n) is 4.71. The zero-order chi connectivity index (χ0) is 16.2. The van der Waals surface area contributed by atoms with Crippen molar-refractivity contribution in [2.45, 2.75) is 43.2 Å². The highest BCUT2D eigenvalue weighted by Gasteiger charge is 2.36. The van der Waals surface area contributed by atoms with E-state index in [1.54, 1.807) is 24.7 Å². The lowest BCUT2D eigenvalue weighted by atomic mass is 10.2. The second-order valence-corrected chi connectivity index (χ2v) is 8.33. The largest absolute Gasteiger partial charge is 0.337 e. The molecule has 0 spiro atoms. The van der Waals surface area contributed by atoms with Gasteiger partial charge < -0.3 is 4.57 Å². The lowest BCUT2D eigenvalue weighted by molar-refractivity contribution is 0.427. The van der Waals surface area contributed by atoms with E-state index < -0.39 is 10.0 Å². The molecule has 0 radical (unpaired) electrons. The molecular formula is C14H20N6O2S. The second kappa shape index (κ2) is 5.13. The number of hydrogen-bond acceptors (Lipinski definition) is 5. The van der Waals surface area contributed by atoms with Gasteiger partial charge in [0.1, 0.15) is 5.82 Å². The van der Waals surface area contributed by atoms with Crippen molar-refractivity contribution in [1.29, 1.82) is 0 Å². The second-order valence-electron chi connectivity index (χ2n) is 6.44. The SMILES string of the molecule is Cc1nc(S(=O)(=O)N2CC[C@@H](n3cc(C4CC4)nn3)C2)cn1C. The predicted octanol–water partition coefficient (Wildman–Crippen LogP) is 0.833. The molecule has 4 rings (SSSR count). The Morgan fingerprint density at radius 1 is 1.22 bits per heavy atom. The molecule has 8 nitrogen and oxygen atoms in total. The summed E-state index contributed by atoms with van der Waals surface area (Å²) >= 11 is 0. The average molecular weight is 336 g/mol. The van der Waals surface area contributed by atoms with E-state index in [0.29, 0.717) is 24.8 Å². The quantitative estimate of drug-likeness (QED) is 0.825. The molecule has 3 heterocycles. The number of hydrogen-bond donors (Lipinski definition) is 0. The minimum absolute atomic E-state index is 0.0505. The Morgan fingerprint density at radius 2 is 2.00 bits per heavy atom. The normalized spacial score (nSPS) is 22.8. The summed E-state index contributed by atoms with van der Waals surface area (Å²) in [4.78, 5) is 4.16. The van der Waals surface area contributed by atoms with Crippen molar-refractivity contribution in [3.63, 3.8) is 0 Å². The van der Waals surface area contributed by atoms with Crippen LogP contribution in [0.4, 0.5) is 0 Å². The molecule has 1 aliphatic carbocycles. The summed E-state index contributed by atoms with van der Waals surface area (Å²) in [5.74, 6) is 1.24. The van der Waals surface area contributed by atoms with Crippen LogP contribution in [0.2, 0.25) is 0 Å². The molecule has 0 amide bonds. The summed E-state index contributed by atoms with van der Waals surface area (Å²) in [7, 11) is -1.74. The van der Waals surface area contributed by atoms with Gasteiger partial charge in [-0.25, -0.2) is 18.1 Å². The monoisotopic (exact) mass is 336 g/mol. The van der Waals surface area contributed by atoms with Crippen LogP contribution in [0.25, 0.3) is 0 Å². The maximum Gasteiger partial charge on any atom is 0.262 e. The van der Waals surface area contributed by atoms with Crippen LogP contribution >= 0.6 is 0 Å². The third kappa shape index (κ3) is 2.57. The Bertz CT molecular complexity index is 816. The van der Waals surface area contributed by atoms with Gasteiger partial charge in [0.15, 0.2) is 5.03 Å². The van der Waals surface area contributed by atoms with Crippen LogP contribution in [0.1, 0.15) is 42.7 Å². The number of aromatic nitrogens is 5. The van der Waals surface area contributed by atoms with Crippen molar-refractivity contribution in [3.05, 3.63) is 23.9 Å². The fraction of sp³-hybridized carbons (Fsp3) is 0.643. The minimum Gasteiger partial charge on any atom is -0.337 e. The van der Waals surface area contributed by atoms with E-state index in [4.69, 9.17) is 0 Å². The summed E-state index contributed by atoms with van der Waals surface area (Å²) in [5.41, 5.74) is 1.03. The van der Waals surface area contributed by atoms with Crippen LogP contribution in [0, 0.1) is 6.92 Å². The third-order valence-corrected chi connectivity index (χ3v) is 6.45. The molecular weight excluding hydrogens is 316 g/mol. The Hall–Kier alpha value is -1.74. The molecule has 0 aromatic carbocycles. The van der Waals surface area contributed by atoms with Crippen LogP contribution < -0.4 is 0 Å². The number of aryl methyl sites for hydroxylation is 2. The van der Waals surface area contributed by atoms with Crippen LogP contribution in [0.5, 0.6) is 0 Å². The Morgan fingerprint density at radius 3 is 2.65 bits per heavy atom. The van der Waals surface area contributed by atoms with Crippen LogP contribution in [-0.4, -0.2) is 50.4 Å². The molecule has 9 heteroatoms. The highest BCUT2D eigenvalue weighted by molar-refractivity contribution is 7.89. The van der Waals surface area contributed by atoms with Crippen molar-refractivity contribution < 1.29 is 8.42 Å². The Labute approximate surface area is 135 Å². The maximum atomic E-state index is 12.7. The molecule has 2 aromatic heterocycles. The van der Waals surface area contributed by atoms with Gasteiger partial charge in [-0.3, -0.25) is 0 Å². The fourth-order valence-electron chi connectivity index (χ4n) is 2.96. The molecule has 1 atom stereocenters. The fourth-order valence-corrected chi connectivity index (χ4v) is 4.48. The van der Waals surface area contributed by atoms with Crippen LogP contribution in [0.3, 0.4) is 0 Å². The van der Waals surface area contributed by atoms with Crippen LogP contribution in [-0.2, 0) is 17.1 Å². The summed E-state index contributed by atoms with van der Waals surface area (Å²) in [6.07, 6.45) is 6.66. The van der Waals surface area contributed by atoms with Gasteiger partial charge in [0.05, 0.1) is 11.7 Å². The zero-order valence-corrected chi connectivity index (χ0v) is 14.1. The van der Waals surface area contributed by atoms with E-state index in [0.717, 1.165) is 12.1 Å². The van der Waals surface area contributed by atoms with E-state index in [-0.39, 0.29) is 11.1 Å². The first-order valence-electron chi connectivity index (χ1n) is 7.87. The van der Waals surface area contributed by atoms with Crippen LogP contribution in [0.15, 0.2) is 17.4 Å². The van der Waals surface area contributed by atoms with Gasteiger partial charge in [-0.2, -0.15) is 4.31 Å². The molecule has 1 aliphatic heterocycles. The molecule has 0 N–H and O–H groups in total. The smallest absolute Gasteiger partial charge is 0.262 e. The van der Waals surface area contributed by atoms with Gasteiger partial charge in [-0.05, 0) is 26.2 Å². The first kappa shape index (κ1) is 14.8. The minimum atomic E-state index is -3.54. The first-order chi connectivity index (χ1) is 10.9. The molecule has 124 valence electrons. The molecule has 0 unspecified atom stereocenters. The number of rotatable bonds is 4. The standard InChI is InChI=1S/C14H20N6O2S/c1-10-15-14(9-18(10)2)23(21,22)19-6-5-12(7-19)20-8-13(16-17-20)11-3-4-11/h8-9,11-12H,3-7H2,1-2H3/t12-/m1/s1. The molecule has 1 saturated heterocycles. The number of nitrogens with zero attached hydrogens (tertiary/aromatic N) is 6. The van der Waals surface area contributed by atoms with E-state index in [1.165, 1.54) is 17.1 Å². The van der Waals surface area contributed by atoms with Crippen molar-refractivity contribution in [2.75, 3.05) is 13.1 Å². The Balaban J connectivity index is 1.52. The van der Waals surface area contributed by atoms with Crippen molar-refractivity contribution in [3.8, 4) is 0 Å². The van der Waals surface area contributed by atoms with E-state index in [2.05, 4.69) is 15.3 Å². The highest BCUT2D eigenvalue weighted by Crippen LogP contribution is 2.39. The van der Waals surface area contributed by atoms with Gasteiger partial charge in [0.2, 0.25) is 0 Å². The highest BCUT2D eigenvalue weighted by atomic mass is 32.2. The average Bonchev–Trinajstić information content (AvgIpc) is 2.93. The Kier molecular flexibility index (Phi) is 3.31. The molecule has 1 saturated carbocycles. The first-order valence-corrected chi connectivity index (χ1v) is 9.31. The van der Waals surface area contributed by atoms with E-state index >= 15 is 0 Å². The van der Waals surface area contributed by atoms with Crippen molar-refractivity contribution in [1.82, 2.24) is 28.9 Å². The topological polar surface area (TPSA) is 85.9 Å². The summed E-state index contributed by atoms with van der Waals surface area (Å²) in [6, 6.07) is 0.0505. The van der Waals surface area contributed by atoms with Gasteiger partial charge in [-0.1, -0.05) is 5.21 Å². The lowest BCUT2D eigenvalue weighted by Gasteiger charge is -2.14. The van der Waals surface area contributed by atoms with Gasteiger partial charge in [0, 0.05) is 38.4 Å². The molecule has 2 aliphatic rings. The number of imidazole rings is 1. The lowest BCUT2D eigenvalue weighted by Crippen LogP contribution is -2.29. The summed E-state index contributed by atoms with van der Waals surface area (Å²) < 4.78 is 30.5. The van der Waals surface area contributed by atoms with Gasteiger partial charge >= 0.3 is 0 Å². The molecule has 2 aromatic rings. The molecule has 0 bridgehead atoms. The molecule has 2 fully saturated rings. The number of sulfonamides is 1. The summed E-state index contributed by atoms with van der Waals surface area (Å²) in [5, 5.41) is 8.53. The van der Waals surface area contributed by atoms with E-state index in [9.17, 15) is 8.42 Å². The maximum absolute atomic E-state index is 12.7. The molecule has 23 heavy (non-hydrogen) atoms.